The molecule has 1 aliphatic rings. The summed E-state index contributed by atoms with van der Waals surface area (Å²) < 4.78 is 5.41. The van der Waals surface area contributed by atoms with Crippen molar-refractivity contribution in [3.63, 3.8) is 0 Å². The molecule has 5 nitrogen and oxygen atoms in total. The van der Waals surface area contributed by atoms with Gasteiger partial charge in [-0.2, -0.15) is 12.6 Å². The highest BCUT2D eigenvalue weighted by Crippen LogP contribution is 2.33. The van der Waals surface area contributed by atoms with Crippen LogP contribution < -0.4 is 10.1 Å². The zero-order chi connectivity index (χ0) is 13.8. The third-order valence-electron chi connectivity index (χ3n) is 3.05. The summed E-state index contributed by atoms with van der Waals surface area (Å²) in [7, 11) is 0. The van der Waals surface area contributed by atoms with Crippen LogP contribution in [0.3, 0.4) is 0 Å². The Kier molecular flexibility index (Phi) is 4.31. The largest absolute Gasteiger partial charge is 0.492 e. The molecule has 2 N–H and O–H groups in total. The van der Waals surface area contributed by atoms with Gasteiger partial charge in [0.05, 0.1) is 0 Å². The van der Waals surface area contributed by atoms with Crippen LogP contribution in [0.15, 0.2) is 24.3 Å². The summed E-state index contributed by atoms with van der Waals surface area (Å²) in [6.07, 6.45) is 0.291. The molecule has 0 saturated heterocycles. The third-order valence-corrected chi connectivity index (χ3v) is 3.31. The van der Waals surface area contributed by atoms with Gasteiger partial charge in [-0.1, -0.05) is 18.2 Å². The molecule has 1 heterocycles. The number of benzene rings is 1. The van der Waals surface area contributed by atoms with Crippen molar-refractivity contribution in [2.75, 3.05) is 12.4 Å². The van der Waals surface area contributed by atoms with Crippen molar-refractivity contribution in [3.8, 4) is 5.75 Å². The molecule has 102 valence electrons. The van der Waals surface area contributed by atoms with Gasteiger partial charge < -0.3 is 15.2 Å². The number of hydrogen-bond donors (Lipinski definition) is 3. The van der Waals surface area contributed by atoms with Crippen molar-refractivity contribution in [1.29, 1.82) is 0 Å². The molecular weight excluding hydrogens is 266 g/mol. The number of carboxylic acids is 1. The molecule has 2 atom stereocenters. The molecule has 0 bridgehead atoms. The Balaban J connectivity index is 2.07. The van der Waals surface area contributed by atoms with E-state index < -0.39 is 17.9 Å². The van der Waals surface area contributed by atoms with Gasteiger partial charge in [-0.3, -0.25) is 4.79 Å². The summed E-state index contributed by atoms with van der Waals surface area (Å²) in [5, 5.41) is 11.5. The van der Waals surface area contributed by atoms with Crippen molar-refractivity contribution in [1.82, 2.24) is 5.32 Å². The van der Waals surface area contributed by atoms with Crippen LogP contribution in [-0.4, -0.2) is 35.4 Å². The van der Waals surface area contributed by atoms with Gasteiger partial charge in [-0.15, -0.1) is 0 Å². The van der Waals surface area contributed by atoms with Crippen molar-refractivity contribution >= 4 is 24.5 Å². The van der Waals surface area contributed by atoms with Crippen LogP contribution in [0.25, 0.3) is 0 Å². The molecule has 2 rings (SSSR count). The van der Waals surface area contributed by atoms with E-state index in [9.17, 15) is 9.59 Å². The van der Waals surface area contributed by atoms with Crippen molar-refractivity contribution in [2.45, 2.75) is 18.4 Å². The first-order valence-electron chi connectivity index (χ1n) is 5.99. The predicted octanol–water partition coefficient (Wildman–Crippen LogP) is 1.05. The molecule has 0 fully saturated rings. The van der Waals surface area contributed by atoms with Gasteiger partial charge in [0.1, 0.15) is 24.3 Å². The van der Waals surface area contributed by atoms with Crippen molar-refractivity contribution in [2.24, 2.45) is 0 Å². The number of carbonyl (C=O) groups is 2. The Hall–Kier alpha value is -1.69. The second kappa shape index (κ2) is 5.97. The first-order valence-corrected chi connectivity index (χ1v) is 6.62. The molecular formula is C13H15NO4S. The fourth-order valence-electron chi connectivity index (χ4n) is 2.04. The number of hydrogen-bond acceptors (Lipinski definition) is 4. The lowest BCUT2D eigenvalue weighted by Gasteiger charge is -2.16. The number of carbonyl (C=O) groups excluding carboxylic acids is 1. The Morgan fingerprint density at radius 2 is 2.21 bits per heavy atom. The van der Waals surface area contributed by atoms with E-state index in [1.165, 1.54) is 0 Å². The molecule has 0 radical (unpaired) electrons. The van der Waals surface area contributed by atoms with E-state index in [1.54, 1.807) is 6.07 Å². The second-order valence-electron chi connectivity index (χ2n) is 4.31. The van der Waals surface area contributed by atoms with Crippen molar-refractivity contribution in [3.05, 3.63) is 29.8 Å². The van der Waals surface area contributed by atoms with Gasteiger partial charge in [0, 0.05) is 5.56 Å². The number of rotatable bonds is 5. The molecule has 19 heavy (non-hydrogen) atoms. The first-order chi connectivity index (χ1) is 9.13. The summed E-state index contributed by atoms with van der Waals surface area (Å²) in [6, 6.07) is 6.38. The van der Waals surface area contributed by atoms with Crippen LogP contribution in [0.4, 0.5) is 0 Å². The summed E-state index contributed by atoms with van der Waals surface area (Å²) >= 11 is 3.99. The van der Waals surface area contributed by atoms with Gasteiger partial charge >= 0.3 is 5.97 Å². The maximum absolute atomic E-state index is 12.1. The van der Waals surface area contributed by atoms with Gasteiger partial charge in [-0.05, 0) is 18.2 Å². The molecule has 0 aliphatic carbocycles. The third kappa shape index (κ3) is 3.01. The number of para-hydroxylation sites is 1. The summed E-state index contributed by atoms with van der Waals surface area (Å²) in [4.78, 5) is 23.1. The van der Waals surface area contributed by atoms with Crippen LogP contribution in [0.2, 0.25) is 0 Å². The Morgan fingerprint density at radius 1 is 1.47 bits per heavy atom. The Bertz CT molecular complexity index is 491. The lowest BCUT2D eigenvalue weighted by molar-refractivity contribution is -0.142. The maximum Gasteiger partial charge on any atom is 0.326 e. The van der Waals surface area contributed by atoms with Crippen LogP contribution in [0, 0.1) is 0 Å². The van der Waals surface area contributed by atoms with Crippen molar-refractivity contribution < 1.29 is 19.4 Å². The van der Waals surface area contributed by atoms with Gasteiger partial charge in [-0.25, -0.2) is 4.79 Å². The fraction of sp³-hybridized carbons (Fsp3) is 0.385. The average Bonchev–Trinajstić information content (AvgIpc) is 2.81. The number of amides is 1. The minimum atomic E-state index is -1.05. The van der Waals surface area contributed by atoms with E-state index >= 15 is 0 Å². The lowest BCUT2D eigenvalue weighted by Crippen LogP contribution is -2.43. The van der Waals surface area contributed by atoms with Gasteiger partial charge in [0.15, 0.2) is 0 Å². The van der Waals surface area contributed by atoms with E-state index in [2.05, 4.69) is 17.9 Å². The number of thiol groups is 1. The molecule has 6 heteroatoms. The standard InChI is InChI=1S/C13H15NO4S/c15-12(14-10(5-6-19)13(16)17)9-7-18-11-4-2-1-3-8(9)11/h1-4,9-10,19H,5-7H2,(H,14,15)(H,16,17). The van der Waals surface area contributed by atoms with Gasteiger partial charge in [0.25, 0.3) is 0 Å². The molecule has 1 aliphatic heterocycles. The van der Waals surface area contributed by atoms with Crippen LogP contribution >= 0.6 is 12.6 Å². The first kappa shape index (κ1) is 13.7. The molecule has 2 unspecified atom stereocenters. The molecule has 0 aromatic heterocycles. The molecule has 0 saturated carbocycles. The highest BCUT2D eigenvalue weighted by atomic mass is 32.1. The minimum Gasteiger partial charge on any atom is -0.492 e. The van der Waals surface area contributed by atoms with E-state index in [-0.39, 0.29) is 12.5 Å². The highest BCUT2D eigenvalue weighted by molar-refractivity contribution is 7.80. The van der Waals surface area contributed by atoms with Crippen LogP contribution in [-0.2, 0) is 9.59 Å². The number of nitrogens with one attached hydrogen (secondary N) is 1. The summed E-state index contributed by atoms with van der Waals surface area (Å²) in [6.45, 7) is 0.248. The van der Waals surface area contributed by atoms with Gasteiger partial charge in [0.2, 0.25) is 5.91 Å². The summed E-state index contributed by atoms with van der Waals surface area (Å²) in [5.41, 5.74) is 0.801. The molecule has 1 aromatic rings. The SMILES string of the molecule is O=C(O)C(CCS)NC(=O)C1COc2ccccc21. The Labute approximate surface area is 116 Å². The molecule has 1 aromatic carbocycles. The number of carboxylic acid groups (broad SMARTS) is 1. The number of aliphatic carboxylic acids is 1. The topological polar surface area (TPSA) is 75.6 Å². The fourth-order valence-corrected chi connectivity index (χ4v) is 2.30. The average molecular weight is 281 g/mol. The highest BCUT2D eigenvalue weighted by Gasteiger charge is 2.32. The van der Waals surface area contributed by atoms with E-state index in [0.29, 0.717) is 17.9 Å². The molecule has 0 spiro atoms. The Morgan fingerprint density at radius 3 is 2.89 bits per heavy atom. The lowest BCUT2D eigenvalue weighted by atomic mass is 10.00. The maximum atomic E-state index is 12.1. The zero-order valence-electron chi connectivity index (χ0n) is 10.2. The van der Waals surface area contributed by atoms with Crippen LogP contribution in [0.1, 0.15) is 17.9 Å². The van der Waals surface area contributed by atoms with E-state index in [4.69, 9.17) is 9.84 Å². The quantitative estimate of drug-likeness (QED) is 0.705. The van der Waals surface area contributed by atoms with Crippen LogP contribution in [0.5, 0.6) is 5.75 Å². The smallest absolute Gasteiger partial charge is 0.326 e. The zero-order valence-corrected chi connectivity index (χ0v) is 11.1. The normalized spacial score (nSPS) is 18.3. The number of fused-ring (bicyclic) bond motifs is 1. The second-order valence-corrected chi connectivity index (χ2v) is 4.76. The molecule has 1 amide bonds. The van der Waals surface area contributed by atoms with E-state index in [0.717, 1.165) is 5.56 Å². The van der Waals surface area contributed by atoms with E-state index in [1.807, 2.05) is 18.2 Å². The minimum absolute atomic E-state index is 0.248. The predicted molar refractivity (Wildman–Crippen MR) is 72.7 cm³/mol. The summed E-state index contributed by atoms with van der Waals surface area (Å²) in [5.74, 6) is -0.731. The monoisotopic (exact) mass is 281 g/mol. The number of ether oxygens (including phenoxy) is 1.